The quantitative estimate of drug-likeness (QED) is 0.577. The van der Waals surface area contributed by atoms with Crippen LogP contribution in [0.3, 0.4) is 0 Å². The predicted octanol–water partition coefficient (Wildman–Crippen LogP) is 2.99. The Balaban J connectivity index is 1.98. The first-order valence-electron chi connectivity index (χ1n) is 6.72. The Kier molecular flexibility index (Phi) is 5.27. The van der Waals surface area contributed by atoms with Crippen LogP contribution in [0.5, 0.6) is 5.88 Å². The standard InChI is InChI=1S/C14H20N3OS/c1-3-4-5-6-10-18-14-13(15-19-16-14)12-8-7-9-17(2)11-12/h7-9,11H,3-6,10H2,1-2H3/q+1. The fourth-order valence-electron chi connectivity index (χ4n) is 1.88. The van der Waals surface area contributed by atoms with Crippen molar-refractivity contribution in [2.75, 3.05) is 6.61 Å². The molecule has 2 heterocycles. The molecule has 0 spiro atoms. The third-order valence-corrected chi connectivity index (χ3v) is 3.42. The minimum absolute atomic E-state index is 0.660. The lowest BCUT2D eigenvalue weighted by atomic mass is 10.2. The molecule has 0 bridgehead atoms. The van der Waals surface area contributed by atoms with Gasteiger partial charge in [-0.05, 0) is 12.5 Å². The molecule has 0 fully saturated rings. The monoisotopic (exact) mass is 278 g/mol. The molecule has 5 heteroatoms. The lowest BCUT2D eigenvalue weighted by Crippen LogP contribution is -2.26. The number of aryl methyl sites for hydroxylation is 1. The number of rotatable bonds is 7. The van der Waals surface area contributed by atoms with Crippen LogP contribution in [-0.4, -0.2) is 15.4 Å². The summed E-state index contributed by atoms with van der Waals surface area (Å²) in [6, 6.07) is 4.03. The third-order valence-electron chi connectivity index (χ3n) is 2.91. The molecule has 0 aliphatic carbocycles. The number of ether oxygens (including phenoxy) is 1. The molecule has 2 aromatic heterocycles. The highest BCUT2D eigenvalue weighted by Gasteiger charge is 2.14. The summed E-state index contributed by atoms with van der Waals surface area (Å²) in [6.45, 7) is 2.93. The highest BCUT2D eigenvalue weighted by molar-refractivity contribution is 6.99. The zero-order valence-electron chi connectivity index (χ0n) is 11.5. The van der Waals surface area contributed by atoms with Crippen LogP contribution >= 0.6 is 11.7 Å². The van der Waals surface area contributed by atoms with Crippen LogP contribution in [0.4, 0.5) is 0 Å². The van der Waals surface area contributed by atoms with Crippen molar-refractivity contribution in [2.45, 2.75) is 32.6 Å². The van der Waals surface area contributed by atoms with E-state index in [0.29, 0.717) is 5.88 Å². The molecule has 2 aromatic rings. The van der Waals surface area contributed by atoms with Crippen molar-refractivity contribution in [2.24, 2.45) is 7.05 Å². The number of hydrogen-bond acceptors (Lipinski definition) is 4. The van der Waals surface area contributed by atoms with Crippen LogP contribution in [-0.2, 0) is 7.05 Å². The summed E-state index contributed by atoms with van der Waals surface area (Å²) in [7, 11) is 1.99. The van der Waals surface area contributed by atoms with Gasteiger partial charge in [0, 0.05) is 6.07 Å². The SMILES string of the molecule is CCCCCCOc1nsnc1-c1ccc[n+](C)c1. The normalized spacial score (nSPS) is 10.6. The van der Waals surface area contributed by atoms with Gasteiger partial charge in [-0.25, -0.2) is 4.57 Å². The van der Waals surface area contributed by atoms with Gasteiger partial charge in [0.25, 0.3) is 5.88 Å². The number of aromatic nitrogens is 3. The van der Waals surface area contributed by atoms with Gasteiger partial charge in [-0.3, -0.25) is 0 Å². The highest BCUT2D eigenvalue weighted by atomic mass is 32.1. The van der Waals surface area contributed by atoms with Crippen LogP contribution in [0.2, 0.25) is 0 Å². The second kappa shape index (κ2) is 7.19. The largest absolute Gasteiger partial charge is 0.475 e. The molecule has 0 aliphatic rings. The Labute approximate surface area is 118 Å². The summed E-state index contributed by atoms with van der Waals surface area (Å²) in [5.41, 5.74) is 1.89. The van der Waals surface area contributed by atoms with Gasteiger partial charge in [0.1, 0.15) is 7.05 Å². The molecule has 0 unspecified atom stereocenters. The van der Waals surface area contributed by atoms with Gasteiger partial charge in [0.2, 0.25) is 0 Å². The molecule has 0 radical (unpaired) electrons. The van der Waals surface area contributed by atoms with Gasteiger partial charge in [0.05, 0.1) is 23.9 Å². The van der Waals surface area contributed by atoms with E-state index in [-0.39, 0.29) is 0 Å². The predicted molar refractivity (Wildman–Crippen MR) is 76.2 cm³/mol. The Morgan fingerprint density at radius 2 is 2.16 bits per heavy atom. The molecular formula is C14H20N3OS+. The zero-order chi connectivity index (χ0) is 13.5. The lowest BCUT2D eigenvalue weighted by Gasteiger charge is -2.04. The van der Waals surface area contributed by atoms with Gasteiger partial charge in [-0.1, -0.05) is 26.2 Å². The maximum Gasteiger partial charge on any atom is 0.254 e. The summed E-state index contributed by atoms with van der Waals surface area (Å²) in [4.78, 5) is 0. The summed E-state index contributed by atoms with van der Waals surface area (Å²) >= 11 is 1.20. The van der Waals surface area contributed by atoms with Gasteiger partial charge in [0.15, 0.2) is 18.1 Å². The van der Waals surface area contributed by atoms with E-state index in [4.69, 9.17) is 4.74 Å². The first-order chi connectivity index (χ1) is 9.31. The summed E-state index contributed by atoms with van der Waals surface area (Å²) in [5, 5.41) is 0. The minimum atomic E-state index is 0.660. The van der Waals surface area contributed by atoms with Crippen molar-refractivity contribution < 1.29 is 9.30 Å². The van der Waals surface area contributed by atoms with Gasteiger partial charge < -0.3 is 4.74 Å². The Hall–Kier alpha value is -1.49. The molecule has 0 saturated heterocycles. The molecule has 0 N–H and O–H groups in total. The number of nitrogens with zero attached hydrogens (tertiary/aromatic N) is 3. The van der Waals surface area contributed by atoms with Crippen LogP contribution < -0.4 is 9.30 Å². The first kappa shape index (κ1) is 13.9. The van der Waals surface area contributed by atoms with E-state index in [1.165, 1.54) is 31.0 Å². The Morgan fingerprint density at radius 1 is 1.26 bits per heavy atom. The van der Waals surface area contributed by atoms with Gasteiger partial charge >= 0.3 is 0 Å². The molecular weight excluding hydrogens is 258 g/mol. The molecule has 0 atom stereocenters. The van der Waals surface area contributed by atoms with Gasteiger partial charge in [-0.2, -0.15) is 4.37 Å². The fourth-order valence-corrected chi connectivity index (χ4v) is 2.40. The van der Waals surface area contributed by atoms with Crippen molar-refractivity contribution in [1.82, 2.24) is 8.75 Å². The maximum atomic E-state index is 5.75. The molecule has 0 amide bonds. The molecule has 0 aliphatic heterocycles. The average molecular weight is 278 g/mol. The van der Waals surface area contributed by atoms with Crippen molar-refractivity contribution in [3.05, 3.63) is 24.5 Å². The number of hydrogen-bond donors (Lipinski definition) is 0. The molecule has 102 valence electrons. The van der Waals surface area contributed by atoms with Crippen molar-refractivity contribution in [3.8, 4) is 17.1 Å². The van der Waals surface area contributed by atoms with Crippen LogP contribution in [0.1, 0.15) is 32.6 Å². The molecule has 4 nitrogen and oxygen atoms in total. The molecule has 0 saturated carbocycles. The van der Waals surface area contributed by atoms with E-state index in [9.17, 15) is 0 Å². The van der Waals surface area contributed by atoms with Crippen molar-refractivity contribution in [1.29, 1.82) is 0 Å². The molecule has 19 heavy (non-hydrogen) atoms. The minimum Gasteiger partial charge on any atom is -0.475 e. The van der Waals surface area contributed by atoms with E-state index in [0.717, 1.165) is 24.3 Å². The number of unbranched alkanes of at least 4 members (excludes halogenated alkanes) is 3. The molecule has 0 aromatic carbocycles. The van der Waals surface area contributed by atoms with Gasteiger partial charge in [-0.15, -0.1) is 4.37 Å². The zero-order valence-corrected chi connectivity index (χ0v) is 12.3. The lowest BCUT2D eigenvalue weighted by molar-refractivity contribution is -0.671. The second-order valence-corrected chi connectivity index (χ2v) is 5.11. The van der Waals surface area contributed by atoms with E-state index >= 15 is 0 Å². The van der Waals surface area contributed by atoms with Crippen LogP contribution in [0.15, 0.2) is 24.5 Å². The van der Waals surface area contributed by atoms with Crippen molar-refractivity contribution >= 4 is 11.7 Å². The third kappa shape index (κ3) is 3.99. The summed E-state index contributed by atoms with van der Waals surface area (Å²) < 4.78 is 16.3. The average Bonchev–Trinajstić information content (AvgIpc) is 2.87. The molecule has 2 rings (SSSR count). The van der Waals surface area contributed by atoms with Crippen LogP contribution in [0, 0.1) is 0 Å². The first-order valence-corrected chi connectivity index (χ1v) is 7.45. The highest BCUT2D eigenvalue weighted by Crippen LogP contribution is 2.26. The van der Waals surface area contributed by atoms with E-state index in [1.807, 2.05) is 36.1 Å². The van der Waals surface area contributed by atoms with E-state index in [2.05, 4.69) is 15.7 Å². The maximum absolute atomic E-state index is 5.75. The van der Waals surface area contributed by atoms with Crippen LogP contribution in [0.25, 0.3) is 11.3 Å². The smallest absolute Gasteiger partial charge is 0.254 e. The van der Waals surface area contributed by atoms with Crippen molar-refractivity contribution in [3.63, 3.8) is 0 Å². The Morgan fingerprint density at radius 3 is 2.95 bits per heavy atom. The second-order valence-electron chi connectivity index (χ2n) is 4.59. The summed E-state index contributed by atoms with van der Waals surface area (Å²) in [5.74, 6) is 0.660. The number of pyridine rings is 1. The van der Waals surface area contributed by atoms with E-state index in [1.54, 1.807) is 0 Å². The topological polar surface area (TPSA) is 38.9 Å². The Bertz CT molecular complexity index is 513. The fraction of sp³-hybridized carbons (Fsp3) is 0.500. The summed E-state index contributed by atoms with van der Waals surface area (Å²) in [6.07, 6.45) is 8.82. The van der Waals surface area contributed by atoms with E-state index < -0.39 is 0 Å².